The van der Waals surface area contributed by atoms with Gasteiger partial charge in [0.2, 0.25) is 5.91 Å². The van der Waals surface area contributed by atoms with Crippen LogP contribution in [0.1, 0.15) is 35.1 Å². The van der Waals surface area contributed by atoms with Crippen molar-refractivity contribution in [2.75, 3.05) is 13.6 Å². The van der Waals surface area contributed by atoms with E-state index in [9.17, 15) is 9.18 Å². The average Bonchev–Trinajstić information content (AvgIpc) is 3.10. The maximum Gasteiger partial charge on any atom is 0.222 e. The second kappa shape index (κ2) is 9.35. The van der Waals surface area contributed by atoms with Crippen LogP contribution in [0.5, 0.6) is 0 Å². The van der Waals surface area contributed by atoms with E-state index in [0.29, 0.717) is 37.6 Å². The minimum absolute atomic E-state index is 0.195. The highest BCUT2D eigenvalue weighted by atomic mass is 19.1. The summed E-state index contributed by atoms with van der Waals surface area (Å²) in [5, 5.41) is 6.57. The molecule has 2 aromatic rings. The molecule has 0 bridgehead atoms. The number of carbonyl (C=O) groups is 1. The van der Waals surface area contributed by atoms with Crippen molar-refractivity contribution in [1.29, 1.82) is 0 Å². The van der Waals surface area contributed by atoms with Crippen LogP contribution in [-0.2, 0) is 24.4 Å². The van der Waals surface area contributed by atoms with Crippen LogP contribution in [0.4, 0.5) is 4.39 Å². The highest BCUT2D eigenvalue weighted by Crippen LogP contribution is 2.17. The molecule has 0 aliphatic carbocycles. The largest absolute Gasteiger partial charge is 0.352 e. The van der Waals surface area contributed by atoms with E-state index in [1.807, 2.05) is 23.1 Å². The summed E-state index contributed by atoms with van der Waals surface area (Å²) < 4.78 is 13.4. The molecule has 2 N–H and O–H groups in total. The Morgan fingerprint density at radius 1 is 1.14 bits per heavy atom. The van der Waals surface area contributed by atoms with Gasteiger partial charge in [-0.25, -0.2) is 4.39 Å². The minimum atomic E-state index is -0.195. The third-order valence-electron chi connectivity index (χ3n) is 5.00. The highest BCUT2D eigenvalue weighted by molar-refractivity contribution is 5.79. The number of halogens is 1. The van der Waals surface area contributed by atoms with Gasteiger partial charge in [-0.15, -0.1) is 0 Å². The fraction of sp³-hybridized carbons (Fsp3) is 0.364. The predicted molar refractivity (Wildman–Crippen MR) is 109 cm³/mol. The van der Waals surface area contributed by atoms with Gasteiger partial charge in [0.05, 0.1) is 0 Å². The van der Waals surface area contributed by atoms with Crippen molar-refractivity contribution < 1.29 is 9.18 Å². The Morgan fingerprint density at radius 3 is 2.57 bits per heavy atom. The van der Waals surface area contributed by atoms with Crippen LogP contribution in [0.25, 0.3) is 0 Å². The van der Waals surface area contributed by atoms with Crippen LogP contribution in [0.2, 0.25) is 0 Å². The summed E-state index contributed by atoms with van der Waals surface area (Å²) in [4.78, 5) is 18.1. The molecule has 6 heteroatoms. The van der Waals surface area contributed by atoms with Crippen molar-refractivity contribution in [2.24, 2.45) is 4.99 Å². The zero-order chi connectivity index (χ0) is 19.9. The van der Waals surface area contributed by atoms with Gasteiger partial charge < -0.3 is 15.5 Å². The Hall–Kier alpha value is -2.89. The molecule has 0 radical (unpaired) electrons. The smallest absolute Gasteiger partial charge is 0.222 e. The topological polar surface area (TPSA) is 56.7 Å². The molecule has 3 rings (SSSR count). The van der Waals surface area contributed by atoms with Crippen LogP contribution in [0.3, 0.4) is 0 Å². The molecule has 1 amide bonds. The number of rotatable bonds is 6. The molecular weight excluding hydrogens is 355 g/mol. The first-order valence-electron chi connectivity index (χ1n) is 9.61. The Morgan fingerprint density at radius 2 is 1.89 bits per heavy atom. The minimum Gasteiger partial charge on any atom is -0.352 e. The van der Waals surface area contributed by atoms with Crippen LogP contribution in [-0.4, -0.2) is 30.4 Å². The van der Waals surface area contributed by atoms with E-state index in [0.717, 1.165) is 29.7 Å². The number of carbonyl (C=O) groups excluding carboxylic acids is 1. The van der Waals surface area contributed by atoms with E-state index in [1.54, 1.807) is 20.0 Å². The second-order valence-corrected chi connectivity index (χ2v) is 7.05. The van der Waals surface area contributed by atoms with Crippen molar-refractivity contribution >= 4 is 11.9 Å². The fourth-order valence-electron chi connectivity index (χ4n) is 3.36. The quantitative estimate of drug-likeness (QED) is 0.596. The molecule has 0 aromatic heterocycles. The molecule has 2 aromatic carbocycles. The number of aliphatic imine (C=N–C) groups is 1. The van der Waals surface area contributed by atoms with E-state index in [1.165, 1.54) is 6.07 Å². The maximum absolute atomic E-state index is 13.4. The lowest BCUT2D eigenvalue weighted by molar-refractivity contribution is -0.128. The van der Waals surface area contributed by atoms with Crippen LogP contribution >= 0.6 is 0 Å². The van der Waals surface area contributed by atoms with Crippen LogP contribution in [0, 0.1) is 12.7 Å². The average molecular weight is 382 g/mol. The zero-order valence-electron chi connectivity index (χ0n) is 16.5. The van der Waals surface area contributed by atoms with E-state index in [2.05, 4.69) is 27.8 Å². The number of nitrogens with one attached hydrogen (secondary N) is 2. The number of amides is 1. The van der Waals surface area contributed by atoms with Crippen molar-refractivity contribution in [1.82, 2.24) is 15.5 Å². The number of aryl methyl sites for hydroxylation is 1. The van der Waals surface area contributed by atoms with Crippen molar-refractivity contribution in [3.05, 3.63) is 70.5 Å². The first-order chi connectivity index (χ1) is 13.6. The number of hydrogen-bond donors (Lipinski definition) is 2. The normalized spacial score (nSPS) is 14.5. The number of hydrogen-bond acceptors (Lipinski definition) is 2. The molecule has 1 aliphatic heterocycles. The summed E-state index contributed by atoms with van der Waals surface area (Å²) in [6, 6.07) is 13.2. The summed E-state index contributed by atoms with van der Waals surface area (Å²) in [5.41, 5.74) is 3.92. The van der Waals surface area contributed by atoms with E-state index >= 15 is 0 Å². The van der Waals surface area contributed by atoms with Gasteiger partial charge in [-0.3, -0.25) is 9.79 Å². The summed E-state index contributed by atoms with van der Waals surface area (Å²) in [6.07, 6.45) is 1.60. The first-order valence-corrected chi connectivity index (χ1v) is 9.61. The molecule has 1 aliphatic rings. The standard InChI is InChI=1S/C22H27FN4O/c1-16-12-17(9-10-20(16)23)13-25-22(24-2)26-14-18-6-3-4-7-19(18)15-27-11-5-8-21(27)28/h3-4,6-7,9-10,12H,5,8,11,13-15H2,1-2H3,(H2,24,25,26). The van der Waals surface area contributed by atoms with E-state index < -0.39 is 0 Å². The number of likely N-dealkylation sites (tertiary alicyclic amines) is 1. The number of guanidine groups is 1. The van der Waals surface area contributed by atoms with Crippen LogP contribution in [0.15, 0.2) is 47.5 Å². The molecular formula is C22H27FN4O. The molecule has 1 heterocycles. The molecule has 0 saturated carbocycles. The highest BCUT2D eigenvalue weighted by Gasteiger charge is 2.20. The van der Waals surface area contributed by atoms with Gasteiger partial charge in [-0.05, 0) is 41.7 Å². The zero-order valence-corrected chi connectivity index (χ0v) is 16.5. The third kappa shape index (κ3) is 5.09. The van der Waals surface area contributed by atoms with E-state index in [-0.39, 0.29) is 11.7 Å². The maximum atomic E-state index is 13.4. The SMILES string of the molecule is CN=C(NCc1ccc(F)c(C)c1)NCc1ccccc1CN1CCCC1=O. The number of benzene rings is 2. The first kappa shape index (κ1) is 19.9. The lowest BCUT2D eigenvalue weighted by atomic mass is 10.1. The van der Waals surface area contributed by atoms with Crippen molar-refractivity contribution in [2.45, 2.75) is 39.4 Å². The monoisotopic (exact) mass is 382 g/mol. The van der Waals surface area contributed by atoms with Gasteiger partial charge >= 0.3 is 0 Å². The van der Waals surface area contributed by atoms with Gasteiger partial charge in [0.15, 0.2) is 5.96 Å². The molecule has 0 unspecified atom stereocenters. The Balaban J connectivity index is 1.57. The Labute approximate surface area is 165 Å². The lowest BCUT2D eigenvalue weighted by Gasteiger charge is -2.19. The summed E-state index contributed by atoms with van der Waals surface area (Å²) >= 11 is 0. The van der Waals surface area contributed by atoms with Crippen molar-refractivity contribution in [3.8, 4) is 0 Å². The molecule has 5 nitrogen and oxygen atoms in total. The van der Waals surface area contributed by atoms with Gasteiger partial charge in [0, 0.05) is 39.6 Å². The van der Waals surface area contributed by atoms with Gasteiger partial charge in [-0.1, -0.05) is 36.4 Å². The second-order valence-electron chi connectivity index (χ2n) is 7.05. The van der Waals surface area contributed by atoms with Gasteiger partial charge in [0.1, 0.15) is 5.82 Å². The fourth-order valence-corrected chi connectivity index (χ4v) is 3.36. The molecule has 1 fully saturated rings. The van der Waals surface area contributed by atoms with Crippen molar-refractivity contribution in [3.63, 3.8) is 0 Å². The van der Waals surface area contributed by atoms with E-state index in [4.69, 9.17) is 0 Å². The number of nitrogens with zero attached hydrogens (tertiary/aromatic N) is 2. The molecule has 28 heavy (non-hydrogen) atoms. The molecule has 1 saturated heterocycles. The molecule has 0 spiro atoms. The lowest BCUT2D eigenvalue weighted by Crippen LogP contribution is -2.36. The Bertz CT molecular complexity index is 865. The third-order valence-corrected chi connectivity index (χ3v) is 5.00. The molecule has 0 atom stereocenters. The predicted octanol–water partition coefficient (Wildman–Crippen LogP) is 3.12. The summed E-state index contributed by atoms with van der Waals surface area (Å²) in [7, 11) is 1.72. The Kier molecular flexibility index (Phi) is 6.63. The summed E-state index contributed by atoms with van der Waals surface area (Å²) in [5.74, 6) is 0.711. The summed E-state index contributed by atoms with van der Waals surface area (Å²) in [6.45, 7) is 4.41. The molecule has 148 valence electrons. The van der Waals surface area contributed by atoms with Gasteiger partial charge in [-0.2, -0.15) is 0 Å². The van der Waals surface area contributed by atoms with Crippen LogP contribution < -0.4 is 10.6 Å². The van der Waals surface area contributed by atoms with Gasteiger partial charge in [0.25, 0.3) is 0 Å².